The van der Waals surface area contributed by atoms with Crippen molar-refractivity contribution in [2.75, 3.05) is 12.8 Å². The third-order valence-electron chi connectivity index (χ3n) is 2.98. The Balaban J connectivity index is 2.05. The van der Waals surface area contributed by atoms with Crippen LogP contribution in [0.25, 0.3) is 11.0 Å². The molecule has 0 radical (unpaired) electrons. The van der Waals surface area contributed by atoms with Gasteiger partial charge in [0.1, 0.15) is 5.75 Å². The Morgan fingerprint density at radius 2 is 2.21 bits per heavy atom. The van der Waals surface area contributed by atoms with E-state index >= 15 is 0 Å². The quantitative estimate of drug-likeness (QED) is 0.777. The van der Waals surface area contributed by atoms with Gasteiger partial charge < -0.3 is 19.6 Å². The first-order valence-corrected chi connectivity index (χ1v) is 5.89. The molecule has 2 heterocycles. The summed E-state index contributed by atoms with van der Waals surface area (Å²) in [5, 5.41) is 3.86. The second-order valence-corrected chi connectivity index (χ2v) is 4.35. The highest BCUT2D eigenvalue weighted by atomic mass is 16.5. The van der Waals surface area contributed by atoms with Crippen LogP contribution in [0.15, 0.2) is 28.8 Å². The molecule has 0 fully saturated rings. The van der Waals surface area contributed by atoms with Crippen LogP contribution < -0.4 is 10.5 Å². The molecular formula is C13H14N4O2. The number of hydrogen-bond acceptors (Lipinski definition) is 5. The summed E-state index contributed by atoms with van der Waals surface area (Å²) in [5.41, 5.74) is 8.53. The molecule has 2 N–H and O–H groups in total. The van der Waals surface area contributed by atoms with E-state index in [9.17, 15) is 0 Å². The van der Waals surface area contributed by atoms with Gasteiger partial charge in [0, 0.05) is 12.1 Å². The maximum absolute atomic E-state index is 5.95. The molecule has 0 amide bonds. The topological polar surface area (TPSA) is 79.1 Å². The molecule has 0 atom stereocenters. The number of aryl methyl sites for hydroxylation is 1. The maximum atomic E-state index is 5.95. The van der Waals surface area contributed by atoms with Crippen LogP contribution >= 0.6 is 0 Å². The number of fused-ring (bicyclic) bond motifs is 1. The number of anilines is 1. The molecule has 98 valence electrons. The molecule has 3 rings (SSSR count). The van der Waals surface area contributed by atoms with E-state index in [0.29, 0.717) is 12.5 Å². The first kappa shape index (κ1) is 11.6. The molecule has 6 heteroatoms. The molecule has 0 bridgehead atoms. The average Bonchev–Trinajstić information content (AvgIpc) is 2.94. The molecule has 0 saturated carbocycles. The average molecular weight is 258 g/mol. The lowest BCUT2D eigenvalue weighted by atomic mass is 10.3. The van der Waals surface area contributed by atoms with E-state index in [2.05, 4.69) is 10.1 Å². The van der Waals surface area contributed by atoms with E-state index in [1.165, 1.54) is 0 Å². The minimum atomic E-state index is 0.442. The number of aromatic nitrogens is 3. The molecule has 0 aliphatic rings. The van der Waals surface area contributed by atoms with E-state index in [4.69, 9.17) is 15.0 Å². The van der Waals surface area contributed by atoms with Gasteiger partial charge in [0.2, 0.25) is 5.95 Å². The van der Waals surface area contributed by atoms with E-state index in [1.807, 2.05) is 35.8 Å². The number of nitrogens with two attached hydrogens (primary N) is 1. The molecule has 2 aromatic heterocycles. The van der Waals surface area contributed by atoms with Crippen molar-refractivity contribution >= 4 is 17.0 Å². The smallest absolute Gasteiger partial charge is 0.201 e. The Morgan fingerprint density at radius 1 is 1.37 bits per heavy atom. The fourth-order valence-electron chi connectivity index (χ4n) is 2.07. The SMILES string of the molecule is COc1ccc2c(c1)nc(N)n2Cc1cc(C)no1. The number of benzene rings is 1. The van der Waals surface area contributed by atoms with Gasteiger partial charge in [0.15, 0.2) is 5.76 Å². The normalized spacial score (nSPS) is 11.1. The second kappa shape index (κ2) is 4.31. The highest BCUT2D eigenvalue weighted by Gasteiger charge is 2.11. The van der Waals surface area contributed by atoms with Crippen molar-refractivity contribution in [1.29, 1.82) is 0 Å². The zero-order valence-electron chi connectivity index (χ0n) is 10.8. The van der Waals surface area contributed by atoms with E-state index < -0.39 is 0 Å². The monoisotopic (exact) mass is 258 g/mol. The van der Waals surface area contributed by atoms with Gasteiger partial charge in [-0.05, 0) is 19.1 Å². The third kappa shape index (κ3) is 2.01. The van der Waals surface area contributed by atoms with Gasteiger partial charge >= 0.3 is 0 Å². The van der Waals surface area contributed by atoms with Crippen LogP contribution in [0, 0.1) is 6.92 Å². The maximum Gasteiger partial charge on any atom is 0.201 e. The van der Waals surface area contributed by atoms with Crippen molar-refractivity contribution in [2.24, 2.45) is 0 Å². The van der Waals surface area contributed by atoms with Crippen LogP contribution in [0.2, 0.25) is 0 Å². The lowest BCUT2D eigenvalue weighted by Crippen LogP contribution is -2.03. The molecule has 19 heavy (non-hydrogen) atoms. The number of rotatable bonds is 3. The first-order chi connectivity index (χ1) is 9.17. The summed E-state index contributed by atoms with van der Waals surface area (Å²) < 4.78 is 12.3. The van der Waals surface area contributed by atoms with Crippen LogP contribution in [0.1, 0.15) is 11.5 Å². The molecule has 0 aliphatic carbocycles. The lowest BCUT2D eigenvalue weighted by molar-refractivity contribution is 0.374. The summed E-state index contributed by atoms with van der Waals surface area (Å²) in [6, 6.07) is 7.55. The minimum absolute atomic E-state index is 0.442. The van der Waals surface area contributed by atoms with Crippen LogP contribution in [-0.2, 0) is 6.54 Å². The molecule has 0 aliphatic heterocycles. The van der Waals surface area contributed by atoms with Crippen LogP contribution in [0.4, 0.5) is 5.95 Å². The zero-order valence-corrected chi connectivity index (χ0v) is 10.8. The number of nitrogens with zero attached hydrogens (tertiary/aromatic N) is 3. The van der Waals surface area contributed by atoms with Crippen LogP contribution in [-0.4, -0.2) is 21.8 Å². The summed E-state index contributed by atoms with van der Waals surface area (Å²) in [7, 11) is 1.62. The van der Waals surface area contributed by atoms with Gasteiger partial charge in [-0.15, -0.1) is 0 Å². The Bertz CT molecular complexity index is 729. The van der Waals surface area contributed by atoms with Gasteiger partial charge in [-0.1, -0.05) is 5.16 Å². The van der Waals surface area contributed by atoms with Crippen molar-refractivity contribution in [3.05, 3.63) is 35.7 Å². The highest BCUT2D eigenvalue weighted by molar-refractivity contribution is 5.80. The third-order valence-corrected chi connectivity index (χ3v) is 2.98. The summed E-state index contributed by atoms with van der Waals surface area (Å²) in [4.78, 5) is 4.32. The Hall–Kier alpha value is -2.50. The fraction of sp³-hybridized carbons (Fsp3) is 0.231. The van der Waals surface area contributed by atoms with Crippen LogP contribution in [0.5, 0.6) is 5.75 Å². The van der Waals surface area contributed by atoms with Gasteiger partial charge in [-0.25, -0.2) is 4.98 Å². The number of imidazole rings is 1. The van der Waals surface area contributed by atoms with Crippen LogP contribution in [0.3, 0.4) is 0 Å². The highest BCUT2D eigenvalue weighted by Crippen LogP contribution is 2.23. The first-order valence-electron chi connectivity index (χ1n) is 5.89. The van der Waals surface area contributed by atoms with E-state index in [0.717, 1.165) is 28.2 Å². The molecule has 3 aromatic rings. The fourth-order valence-corrected chi connectivity index (χ4v) is 2.07. The van der Waals surface area contributed by atoms with Crippen molar-refractivity contribution < 1.29 is 9.26 Å². The summed E-state index contributed by atoms with van der Waals surface area (Å²) >= 11 is 0. The molecule has 0 spiro atoms. The number of nitrogen functional groups attached to an aromatic ring is 1. The van der Waals surface area contributed by atoms with Crippen molar-refractivity contribution in [2.45, 2.75) is 13.5 Å². The van der Waals surface area contributed by atoms with Gasteiger partial charge in [-0.3, -0.25) is 0 Å². The zero-order chi connectivity index (χ0) is 13.4. The van der Waals surface area contributed by atoms with E-state index in [1.54, 1.807) is 7.11 Å². The molecular weight excluding hydrogens is 244 g/mol. The number of hydrogen-bond donors (Lipinski definition) is 1. The van der Waals surface area contributed by atoms with Crippen molar-refractivity contribution in [3.8, 4) is 5.75 Å². The van der Waals surface area contributed by atoms with E-state index in [-0.39, 0.29) is 0 Å². The molecule has 6 nitrogen and oxygen atoms in total. The Morgan fingerprint density at radius 3 is 2.89 bits per heavy atom. The standard InChI is InChI=1S/C13H14N4O2/c1-8-5-10(19-16-8)7-17-12-4-3-9(18-2)6-11(12)15-13(17)14/h3-6H,7H2,1-2H3,(H2,14,15). The molecule has 0 unspecified atom stereocenters. The van der Waals surface area contributed by atoms with Gasteiger partial charge in [0.25, 0.3) is 0 Å². The minimum Gasteiger partial charge on any atom is -0.497 e. The largest absolute Gasteiger partial charge is 0.497 e. The van der Waals surface area contributed by atoms with Gasteiger partial charge in [0.05, 0.1) is 30.4 Å². The number of ether oxygens (including phenoxy) is 1. The van der Waals surface area contributed by atoms with Gasteiger partial charge in [-0.2, -0.15) is 0 Å². The lowest BCUT2D eigenvalue weighted by Gasteiger charge is -2.03. The molecule has 1 aromatic carbocycles. The predicted octanol–water partition coefficient (Wildman–Crippen LogP) is 1.97. The Kier molecular flexibility index (Phi) is 2.63. The Labute approximate surface area is 109 Å². The summed E-state index contributed by atoms with van der Waals surface area (Å²) in [5.74, 6) is 1.95. The molecule has 0 saturated heterocycles. The van der Waals surface area contributed by atoms with Crippen molar-refractivity contribution in [1.82, 2.24) is 14.7 Å². The predicted molar refractivity (Wildman–Crippen MR) is 71.0 cm³/mol. The summed E-state index contributed by atoms with van der Waals surface area (Å²) in [6.45, 7) is 2.39. The van der Waals surface area contributed by atoms with Crippen molar-refractivity contribution in [3.63, 3.8) is 0 Å². The number of methoxy groups -OCH3 is 1. The summed E-state index contributed by atoms with van der Waals surface area (Å²) in [6.07, 6.45) is 0. The second-order valence-electron chi connectivity index (χ2n) is 4.35.